The van der Waals surface area contributed by atoms with Crippen LogP contribution in [0.5, 0.6) is 5.75 Å². The molecule has 0 aliphatic heterocycles. The Morgan fingerprint density at radius 3 is 2.27 bits per heavy atom. The molecular formula is C12H16O3. The molecule has 1 aromatic rings. The molecule has 0 aliphatic carbocycles. The van der Waals surface area contributed by atoms with E-state index in [0.717, 1.165) is 6.29 Å². The smallest absolute Gasteiger partial charge is 0.189 e. The van der Waals surface area contributed by atoms with Crippen LogP contribution in [0.2, 0.25) is 0 Å². The molecule has 0 radical (unpaired) electrons. The van der Waals surface area contributed by atoms with E-state index >= 15 is 0 Å². The molecule has 0 heterocycles. The topological polar surface area (TPSA) is 35.5 Å². The molecule has 0 N–H and O–H groups in total. The Morgan fingerprint density at radius 2 is 1.80 bits per heavy atom. The highest BCUT2D eigenvalue weighted by molar-refractivity contribution is 5.74. The lowest BCUT2D eigenvalue weighted by molar-refractivity contribution is -0.0758. The Bertz CT molecular complexity index is 309. The maximum atomic E-state index is 10.4. The van der Waals surface area contributed by atoms with Crippen LogP contribution in [-0.2, 0) is 4.74 Å². The molecule has 0 bridgehead atoms. The summed E-state index contributed by atoms with van der Waals surface area (Å²) in [5.41, 5.74) is 0.432. The van der Waals surface area contributed by atoms with Gasteiger partial charge in [-0.1, -0.05) is 0 Å². The lowest BCUT2D eigenvalue weighted by atomic mass is 10.2. The summed E-state index contributed by atoms with van der Waals surface area (Å²) in [7, 11) is 0. The zero-order valence-corrected chi connectivity index (χ0v) is 9.32. The summed E-state index contributed by atoms with van der Waals surface area (Å²) in [6, 6.07) is 6.91. The van der Waals surface area contributed by atoms with Crippen LogP contribution in [0.1, 0.15) is 31.1 Å². The van der Waals surface area contributed by atoms with E-state index in [1.54, 1.807) is 24.3 Å². The molecule has 0 amide bonds. The SMILES string of the molecule is CC(C)(C)OCOc1ccc(C=O)cc1. The van der Waals surface area contributed by atoms with Gasteiger partial charge < -0.3 is 9.47 Å². The molecule has 3 heteroatoms. The predicted octanol–water partition coefficient (Wildman–Crippen LogP) is 2.65. The van der Waals surface area contributed by atoms with Crippen molar-refractivity contribution in [2.75, 3.05) is 6.79 Å². The van der Waals surface area contributed by atoms with Crippen molar-refractivity contribution in [3.8, 4) is 5.75 Å². The molecule has 0 atom stereocenters. The van der Waals surface area contributed by atoms with Crippen LogP contribution in [0, 0.1) is 0 Å². The van der Waals surface area contributed by atoms with E-state index in [1.165, 1.54) is 0 Å². The molecular weight excluding hydrogens is 192 g/mol. The van der Waals surface area contributed by atoms with E-state index in [1.807, 2.05) is 20.8 Å². The monoisotopic (exact) mass is 208 g/mol. The van der Waals surface area contributed by atoms with Gasteiger partial charge in [-0.2, -0.15) is 0 Å². The van der Waals surface area contributed by atoms with E-state index in [9.17, 15) is 4.79 Å². The van der Waals surface area contributed by atoms with Gasteiger partial charge in [0, 0.05) is 5.56 Å². The number of benzene rings is 1. The van der Waals surface area contributed by atoms with Crippen LogP contribution in [0.4, 0.5) is 0 Å². The first kappa shape index (κ1) is 11.7. The maximum absolute atomic E-state index is 10.4. The Labute approximate surface area is 90.0 Å². The minimum absolute atomic E-state index is 0.206. The highest BCUT2D eigenvalue weighted by Gasteiger charge is 2.09. The lowest BCUT2D eigenvalue weighted by Gasteiger charge is -2.19. The van der Waals surface area contributed by atoms with Crippen molar-refractivity contribution >= 4 is 6.29 Å². The number of ether oxygens (including phenoxy) is 2. The summed E-state index contributed by atoms with van der Waals surface area (Å²) >= 11 is 0. The van der Waals surface area contributed by atoms with Gasteiger partial charge >= 0.3 is 0 Å². The van der Waals surface area contributed by atoms with Gasteiger partial charge in [-0.15, -0.1) is 0 Å². The largest absolute Gasteiger partial charge is 0.468 e. The van der Waals surface area contributed by atoms with Crippen LogP contribution in [0.3, 0.4) is 0 Å². The van der Waals surface area contributed by atoms with Crippen molar-refractivity contribution in [2.24, 2.45) is 0 Å². The minimum Gasteiger partial charge on any atom is -0.468 e. The fraction of sp³-hybridized carbons (Fsp3) is 0.417. The Kier molecular flexibility index (Phi) is 3.86. The highest BCUT2D eigenvalue weighted by Crippen LogP contribution is 2.13. The Balaban J connectivity index is 2.41. The highest BCUT2D eigenvalue weighted by atomic mass is 16.7. The Hall–Kier alpha value is -1.35. The normalized spacial score (nSPS) is 11.1. The van der Waals surface area contributed by atoms with Crippen LogP contribution in [0.15, 0.2) is 24.3 Å². The van der Waals surface area contributed by atoms with Gasteiger partial charge in [0.2, 0.25) is 0 Å². The van der Waals surface area contributed by atoms with Gasteiger partial charge in [-0.3, -0.25) is 4.79 Å². The van der Waals surface area contributed by atoms with E-state index in [-0.39, 0.29) is 12.4 Å². The molecule has 0 saturated heterocycles. The number of rotatable bonds is 4. The molecule has 0 spiro atoms. The summed E-state index contributed by atoms with van der Waals surface area (Å²) in [6.07, 6.45) is 0.801. The van der Waals surface area contributed by atoms with Crippen LogP contribution in [0.25, 0.3) is 0 Å². The van der Waals surface area contributed by atoms with E-state index < -0.39 is 0 Å². The summed E-state index contributed by atoms with van der Waals surface area (Å²) in [5, 5.41) is 0. The minimum atomic E-state index is -0.206. The standard InChI is InChI=1S/C12H16O3/c1-12(2,3)15-9-14-11-6-4-10(8-13)5-7-11/h4-8H,9H2,1-3H3. The Morgan fingerprint density at radius 1 is 1.20 bits per heavy atom. The van der Waals surface area contributed by atoms with Gasteiger partial charge in [0.15, 0.2) is 6.79 Å². The van der Waals surface area contributed by atoms with E-state index in [0.29, 0.717) is 11.3 Å². The zero-order chi connectivity index (χ0) is 11.3. The van der Waals surface area contributed by atoms with Gasteiger partial charge in [0.05, 0.1) is 5.60 Å². The average Bonchev–Trinajstić information content (AvgIpc) is 2.17. The van der Waals surface area contributed by atoms with Crippen molar-refractivity contribution in [3.63, 3.8) is 0 Å². The second kappa shape index (κ2) is 4.94. The average molecular weight is 208 g/mol. The molecule has 1 rings (SSSR count). The molecule has 0 aromatic heterocycles. The number of carbonyl (C=O) groups excluding carboxylic acids is 1. The molecule has 15 heavy (non-hydrogen) atoms. The van der Waals surface area contributed by atoms with Gasteiger partial charge in [-0.25, -0.2) is 0 Å². The van der Waals surface area contributed by atoms with Crippen molar-refractivity contribution in [1.82, 2.24) is 0 Å². The van der Waals surface area contributed by atoms with Crippen molar-refractivity contribution in [1.29, 1.82) is 0 Å². The summed E-state index contributed by atoms with van der Waals surface area (Å²) in [5.74, 6) is 0.699. The molecule has 3 nitrogen and oxygen atoms in total. The fourth-order valence-electron chi connectivity index (χ4n) is 0.917. The van der Waals surface area contributed by atoms with Gasteiger partial charge in [0.1, 0.15) is 12.0 Å². The van der Waals surface area contributed by atoms with Crippen molar-refractivity contribution in [2.45, 2.75) is 26.4 Å². The first-order chi connectivity index (χ1) is 7.01. The molecule has 0 unspecified atom stereocenters. The second-order valence-corrected chi connectivity index (χ2v) is 4.21. The molecule has 0 aliphatic rings. The lowest BCUT2D eigenvalue weighted by Crippen LogP contribution is -2.22. The number of aldehydes is 1. The quantitative estimate of drug-likeness (QED) is 0.563. The third kappa shape index (κ3) is 4.61. The van der Waals surface area contributed by atoms with Crippen LogP contribution < -0.4 is 4.74 Å². The number of hydrogen-bond acceptors (Lipinski definition) is 3. The predicted molar refractivity (Wildman–Crippen MR) is 58.2 cm³/mol. The van der Waals surface area contributed by atoms with Crippen LogP contribution in [-0.4, -0.2) is 18.7 Å². The third-order valence-corrected chi connectivity index (χ3v) is 1.73. The third-order valence-electron chi connectivity index (χ3n) is 1.73. The summed E-state index contributed by atoms with van der Waals surface area (Å²) in [6.45, 7) is 6.10. The van der Waals surface area contributed by atoms with Crippen molar-refractivity contribution in [3.05, 3.63) is 29.8 Å². The summed E-state index contributed by atoms with van der Waals surface area (Å²) in [4.78, 5) is 10.4. The first-order valence-electron chi connectivity index (χ1n) is 4.83. The van der Waals surface area contributed by atoms with Crippen LogP contribution >= 0.6 is 0 Å². The zero-order valence-electron chi connectivity index (χ0n) is 9.32. The van der Waals surface area contributed by atoms with E-state index in [4.69, 9.17) is 9.47 Å². The molecule has 0 saturated carbocycles. The summed E-state index contributed by atoms with van der Waals surface area (Å²) < 4.78 is 10.7. The van der Waals surface area contributed by atoms with Gasteiger partial charge in [-0.05, 0) is 45.0 Å². The molecule has 82 valence electrons. The number of carbonyl (C=O) groups is 1. The first-order valence-corrected chi connectivity index (χ1v) is 4.83. The second-order valence-electron chi connectivity index (χ2n) is 4.21. The van der Waals surface area contributed by atoms with Gasteiger partial charge in [0.25, 0.3) is 0 Å². The van der Waals surface area contributed by atoms with E-state index in [2.05, 4.69) is 0 Å². The fourth-order valence-corrected chi connectivity index (χ4v) is 0.917. The molecule has 0 fully saturated rings. The molecule has 1 aromatic carbocycles. The van der Waals surface area contributed by atoms with Crippen molar-refractivity contribution < 1.29 is 14.3 Å². The number of hydrogen-bond donors (Lipinski definition) is 0. The maximum Gasteiger partial charge on any atom is 0.189 e.